The number of aromatic nitrogens is 1. The molecule has 1 amide bonds. The molecule has 3 rings (SSSR count). The van der Waals surface area contributed by atoms with Gasteiger partial charge < -0.3 is 4.74 Å². The smallest absolute Gasteiger partial charge is 0.313 e. The number of carbonyl (C=O) groups is 2. The highest BCUT2D eigenvalue weighted by molar-refractivity contribution is 5.96. The van der Waals surface area contributed by atoms with E-state index in [1.807, 2.05) is 26.8 Å². The Morgan fingerprint density at radius 1 is 1.41 bits per heavy atom. The number of esters is 1. The summed E-state index contributed by atoms with van der Waals surface area (Å²) in [6, 6.07) is 3.61. The summed E-state index contributed by atoms with van der Waals surface area (Å²) in [6.45, 7) is 5.70. The average Bonchev–Trinajstić information content (AvgIpc) is 2.78. The van der Waals surface area contributed by atoms with Crippen LogP contribution < -0.4 is 5.43 Å². The Bertz CT molecular complexity index is 656. The lowest BCUT2D eigenvalue weighted by atomic mass is 9.66. The molecular formula is C16H19N3O3. The number of nitrogens with zero attached hydrogens (tertiary/aromatic N) is 2. The molecule has 0 radical (unpaired) electrons. The molecule has 1 aliphatic heterocycles. The van der Waals surface area contributed by atoms with Gasteiger partial charge in [-0.05, 0) is 25.8 Å². The number of hydrazone groups is 1. The van der Waals surface area contributed by atoms with E-state index in [2.05, 4.69) is 15.5 Å². The number of amides is 1. The summed E-state index contributed by atoms with van der Waals surface area (Å²) in [6.07, 6.45) is 5.99. The number of hydrogen-bond acceptors (Lipinski definition) is 5. The van der Waals surface area contributed by atoms with Crippen LogP contribution in [0.15, 0.2) is 29.6 Å². The van der Waals surface area contributed by atoms with Crippen LogP contribution >= 0.6 is 0 Å². The zero-order valence-corrected chi connectivity index (χ0v) is 12.9. The first-order chi connectivity index (χ1) is 10.3. The van der Waals surface area contributed by atoms with Gasteiger partial charge in [0.15, 0.2) is 5.60 Å². The topological polar surface area (TPSA) is 80.7 Å². The monoisotopic (exact) mass is 301 g/mol. The van der Waals surface area contributed by atoms with E-state index in [1.165, 1.54) is 6.21 Å². The van der Waals surface area contributed by atoms with E-state index in [9.17, 15) is 9.59 Å². The largest absolute Gasteiger partial charge is 0.448 e. The fourth-order valence-electron chi connectivity index (χ4n) is 3.46. The van der Waals surface area contributed by atoms with E-state index in [0.717, 1.165) is 5.56 Å². The number of fused-ring (bicyclic) bond motifs is 2. The van der Waals surface area contributed by atoms with Crippen LogP contribution in [0.5, 0.6) is 0 Å². The van der Waals surface area contributed by atoms with E-state index in [1.54, 1.807) is 18.5 Å². The fraction of sp³-hybridized carbons (Fsp3) is 0.500. The highest BCUT2D eigenvalue weighted by Gasteiger charge is 2.75. The fourth-order valence-corrected chi connectivity index (χ4v) is 3.46. The molecule has 6 nitrogen and oxygen atoms in total. The van der Waals surface area contributed by atoms with Gasteiger partial charge in [0.1, 0.15) is 0 Å². The van der Waals surface area contributed by atoms with Gasteiger partial charge in [-0.25, -0.2) is 5.43 Å². The highest BCUT2D eigenvalue weighted by Crippen LogP contribution is 2.65. The molecule has 2 heterocycles. The van der Waals surface area contributed by atoms with Crippen molar-refractivity contribution in [3.05, 3.63) is 30.1 Å². The molecule has 1 aromatic heterocycles. The van der Waals surface area contributed by atoms with Crippen molar-refractivity contribution in [1.29, 1.82) is 0 Å². The van der Waals surface area contributed by atoms with Crippen molar-refractivity contribution in [2.45, 2.75) is 39.2 Å². The van der Waals surface area contributed by atoms with Crippen LogP contribution in [0.2, 0.25) is 0 Å². The summed E-state index contributed by atoms with van der Waals surface area (Å²) in [5, 5.41) is 3.96. The Morgan fingerprint density at radius 3 is 2.73 bits per heavy atom. The molecule has 2 fully saturated rings. The van der Waals surface area contributed by atoms with Crippen LogP contribution in [-0.4, -0.2) is 28.7 Å². The normalized spacial score (nSPS) is 32.2. The predicted octanol–water partition coefficient (Wildman–Crippen LogP) is 1.65. The van der Waals surface area contributed by atoms with Crippen molar-refractivity contribution in [3.8, 4) is 0 Å². The van der Waals surface area contributed by atoms with Crippen molar-refractivity contribution in [1.82, 2.24) is 10.4 Å². The first-order valence-electron chi connectivity index (χ1n) is 7.30. The van der Waals surface area contributed by atoms with Gasteiger partial charge in [-0.1, -0.05) is 19.9 Å². The Morgan fingerprint density at radius 2 is 2.18 bits per heavy atom. The van der Waals surface area contributed by atoms with Crippen molar-refractivity contribution in [2.24, 2.45) is 15.9 Å². The minimum absolute atomic E-state index is 0.296. The van der Waals surface area contributed by atoms with Gasteiger partial charge >= 0.3 is 5.97 Å². The van der Waals surface area contributed by atoms with Crippen LogP contribution in [0.3, 0.4) is 0 Å². The third-order valence-corrected chi connectivity index (χ3v) is 5.51. The highest BCUT2D eigenvalue weighted by atomic mass is 16.6. The van der Waals surface area contributed by atoms with Crippen LogP contribution in [0, 0.1) is 10.8 Å². The molecule has 0 aromatic carbocycles. The summed E-state index contributed by atoms with van der Waals surface area (Å²) in [5.74, 6) is -0.664. The lowest BCUT2D eigenvalue weighted by molar-refractivity contribution is -0.168. The SMILES string of the molecule is CC12CCC(C(=O)N/N=C/c3cccnc3)(OC1=O)C2(C)C. The molecule has 116 valence electrons. The molecule has 1 N–H and O–H groups in total. The van der Waals surface area contributed by atoms with Crippen molar-refractivity contribution >= 4 is 18.1 Å². The molecule has 2 aliphatic rings. The molecule has 1 aliphatic carbocycles. The van der Waals surface area contributed by atoms with Gasteiger partial charge in [0.05, 0.1) is 11.6 Å². The molecule has 2 atom stereocenters. The minimum Gasteiger partial charge on any atom is -0.448 e. The van der Waals surface area contributed by atoms with Crippen molar-refractivity contribution in [3.63, 3.8) is 0 Å². The number of ether oxygens (including phenoxy) is 1. The first kappa shape index (κ1) is 14.7. The standard InChI is InChI=1S/C16H19N3O3/c1-14(2)15(3)6-7-16(14,22-13(15)21)12(20)19-18-10-11-5-4-8-17-9-11/h4-5,8-10H,6-7H2,1-3H3,(H,19,20)/b18-10+. The van der Waals surface area contributed by atoms with E-state index in [4.69, 9.17) is 4.74 Å². The van der Waals surface area contributed by atoms with Crippen LogP contribution in [0.25, 0.3) is 0 Å². The quantitative estimate of drug-likeness (QED) is 0.523. The molecule has 6 heteroatoms. The number of pyridine rings is 1. The van der Waals surface area contributed by atoms with Crippen molar-refractivity contribution < 1.29 is 14.3 Å². The number of rotatable bonds is 3. The molecule has 1 aromatic rings. The van der Waals surface area contributed by atoms with E-state index in [-0.39, 0.29) is 11.9 Å². The molecule has 2 unspecified atom stereocenters. The minimum atomic E-state index is -1.13. The summed E-state index contributed by atoms with van der Waals surface area (Å²) in [7, 11) is 0. The summed E-state index contributed by atoms with van der Waals surface area (Å²) < 4.78 is 5.49. The maximum absolute atomic E-state index is 12.6. The predicted molar refractivity (Wildman–Crippen MR) is 79.9 cm³/mol. The van der Waals surface area contributed by atoms with Gasteiger partial charge in [-0.15, -0.1) is 0 Å². The zero-order chi connectivity index (χ0) is 16.0. The molecule has 1 saturated heterocycles. The number of hydrogen-bond donors (Lipinski definition) is 1. The summed E-state index contributed by atoms with van der Waals surface area (Å²) in [5.41, 5.74) is 0.975. The van der Waals surface area contributed by atoms with E-state index < -0.39 is 16.4 Å². The average molecular weight is 301 g/mol. The van der Waals surface area contributed by atoms with Gasteiger partial charge in [-0.3, -0.25) is 14.6 Å². The third-order valence-electron chi connectivity index (χ3n) is 5.51. The van der Waals surface area contributed by atoms with Crippen LogP contribution in [0.1, 0.15) is 39.2 Å². The lowest BCUT2D eigenvalue weighted by Crippen LogP contribution is -2.52. The molecule has 1 saturated carbocycles. The molecule has 22 heavy (non-hydrogen) atoms. The second kappa shape index (κ2) is 4.63. The molecular weight excluding hydrogens is 282 g/mol. The van der Waals surface area contributed by atoms with Gasteiger partial charge in [0.2, 0.25) is 0 Å². The summed E-state index contributed by atoms with van der Waals surface area (Å²) >= 11 is 0. The van der Waals surface area contributed by atoms with E-state index >= 15 is 0 Å². The third kappa shape index (κ3) is 1.73. The first-order valence-corrected chi connectivity index (χ1v) is 7.30. The maximum Gasteiger partial charge on any atom is 0.313 e. The summed E-state index contributed by atoms with van der Waals surface area (Å²) in [4.78, 5) is 28.7. The van der Waals surface area contributed by atoms with Crippen LogP contribution in [0.4, 0.5) is 0 Å². The van der Waals surface area contributed by atoms with Crippen molar-refractivity contribution in [2.75, 3.05) is 0 Å². The number of carbonyl (C=O) groups excluding carboxylic acids is 2. The maximum atomic E-state index is 12.6. The van der Waals surface area contributed by atoms with Gasteiger partial charge in [-0.2, -0.15) is 5.10 Å². The van der Waals surface area contributed by atoms with Crippen LogP contribution in [-0.2, 0) is 14.3 Å². The van der Waals surface area contributed by atoms with Gasteiger partial charge in [0, 0.05) is 23.4 Å². The Labute approximate surface area is 129 Å². The van der Waals surface area contributed by atoms with E-state index in [0.29, 0.717) is 12.8 Å². The Balaban J connectivity index is 1.78. The Kier molecular flexibility index (Phi) is 3.09. The number of nitrogens with one attached hydrogen (secondary N) is 1. The zero-order valence-electron chi connectivity index (χ0n) is 12.9. The molecule has 2 bridgehead atoms. The molecule has 0 spiro atoms. The second-order valence-corrected chi connectivity index (χ2v) is 6.66. The lowest BCUT2D eigenvalue weighted by Gasteiger charge is -2.34. The second-order valence-electron chi connectivity index (χ2n) is 6.66. The Hall–Kier alpha value is -2.24. The van der Waals surface area contributed by atoms with Gasteiger partial charge in [0.25, 0.3) is 5.91 Å².